The molecule has 0 atom stereocenters. The first-order valence-electron chi connectivity index (χ1n) is 7.63. The van der Waals surface area contributed by atoms with Gasteiger partial charge in [-0.1, -0.05) is 61.6 Å². The number of nitrogens with one attached hydrogen (secondary N) is 2. The molecule has 2 aliphatic heterocycles. The van der Waals surface area contributed by atoms with Gasteiger partial charge in [-0.05, 0) is 24.3 Å². The second-order valence-electron chi connectivity index (χ2n) is 4.76. The highest BCUT2D eigenvalue weighted by Gasteiger charge is 2.30. The number of carbonyl (C=O) groups excluding carboxylic acids is 2. The molecule has 0 saturated heterocycles. The number of rotatable bonds is 0. The number of thioether (sulfide) groups is 2. The number of benzene rings is 2. The van der Waals surface area contributed by atoms with Crippen LogP contribution in [0.3, 0.4) is 0 Å². The minimum atomic E-state index is -0.235. The van der Waals surface area contributed by atoms with Crippen molar-refractivity contribution in [1.29, 1.82) is 0 Å². The van der Waals surface area contributed by atoms with Crippen LogP contribution in [0.2, 0.25) is 0 Å². The number of hydrogen-bond acceptors (Lipinski definition) is 4. The highest BCUT2D eigenvalue weighted by molar-refractivity contribution is 8.08. The molecule has 0 bridgehead atoms. The van der Waals surface area contributed by atoms with Gasteiger partial charge in [-0.3, -0.25) is 9.59 Å². The van der Waals surface area contributed by atoms with Gasteiger partial charge in [-0.15, -0.1) is 0 Å². The lowest BCUT2D eigenvalue weighted by molar-refractivity contribution is -0.114. The third-order valence-corrected chi connectivity index (χ3v) is 5.78. The van der Waals surface area contributed by atoms with Crippen molar-refractivity contribution in [2.24, 2.45) is 0 Å². The monoisotopic (exact) mass is 356 g/mol. The van der Waals surface area contributed by atoms with Gasteiger partial charge in [-0.25, -0.2) is 0 Å². The summed E-state index contributed by atoms with van der Waals surface area (Å²) >= 11 is 2.67. The number of carbonyl (C=O) groups is 2. The number of hydrogen-bond donors (Lipinski definition) is 2. The summed E-state index contributed by atoms with van der Waals surface area (Å²) in [6, 6.07) is 15.1. The van der Waals surface area contributed by atoms with Crippen LogP contribution in [0.25, 0.3) is 0 Å². The van der Waals surface area contributed by atoms with Gasteiger partial charge in [0.25, 0.3) is 11.8 Å². The molecule has 4 rings (SSSR count). The molecule has 0 unspecified atom stereocenters. The van der Waals surface area contributed by atoms with Crippen molar-refractivity contribution in [3.8, 4) is 0 Å². The second-order valence-corrected chi connectivity index (χ2v) is 6.87. The predicted octanol–water partition coefficient (Wildman–Crippen LogP) is 4.71. The van der Waals surface area contributed by atoms with E-state index in [1.165, 1.54) is 23.5 Å². The maximum atomic E-state index is 12.3. The molecule has 2 N–H and O–H groups in total. The van der Waals surface area contributed by atoms with E-state index in [9.17, 15) is 9.59 Å². The van der Waals surface area contributed by atoms with Crippen LogP contribution in [0, 0.1) is 0 Å². The molecule has 0 aromatic heterocycles. The van der Waals surface area contributed by atoms with E-state index >= 15 is 0 Å². The molecular weight excluding hydrogens is 340 g/mol. The first-order chi connectivity index (χ1) is 11.7. The number of anilines is 2. The van der Waals surface area contributed by atoms with Gasteiger partial charge < -0.3 is 10.6 Å². The second kappa shape index (κ2) is 7.15. The zero-order valence-electron chi connectivity index (χ0n) is 13.3. The topological polar surface area (TPSA) is 58.2 Å². The Morgan fingerprint density at radius 3 is 1.46 bits per heavy atom. The zero-order valence-corrected chi connectivity index (χ0v) is 14.9. The Morgan fingerprint density at radius 1 is 0.667 bits per heavy atom. The van der Waals surface area contributed by atoms with E-state index < -0.39 is 0 Å². The molecule has 2 heterocycles. The van der Waals surface area contributed by atoms with Gasteiger partial charge in [0.15, 0.2) is 0 Å². The average molecular weight is 356 g/mol. The van der Waals surface area contributed by atoms with E-state index in [-0.39, 0.29) is 11.8 Å². The molecule has 122 valence electrons. The minimum Gasteiger partial charge on any atom is -0.320 e. The van der Waals surface area contributed by atoms with Crippen molar-refractivity contribution in [2.45, 2.75) is 23.6 Å². The molecule has 2 amide bonds. The van der Waals surface area contributed by atoms with Crippen molar-refractivity contribution < 1.29 is 9.59 Å². The Balaban J connectivity index is 0.000000815. The molecule has 2 aromatic rings. The molecular formula is C18H16N2O2S2. The van der Waals surface area contributed by atoms with Crippen LogP contribution in [0.4, 0.5) is 11.4 Å². The van der Waals surface area contributed by atoms with Gasteiger partial charge in [0.05, 0.1) is 21.2 Å². The lowest BCUT2D eigenvalue weighted by Crippen LogP contribution is -2.24. The summed E-state index contributed by atoms with van der Waals surface area (Å²) in [5.41, 5.74) is 1.56. The number of para-hydroxylation sites is 2. The SMILES string of the molecule is CC.O=C1Nc2ccccc2S/C1=C1\Sc2ccccc2NC1=O. The van der Waals surface area contributed by atoms with Crippen LogP contribution in [0.5, 0.6) is 0 Å². The molecule has 0 spiro atoms. The first kappa shape index (κ1) is 16.7. The van der Waals surface area contributed by atoms with Crippen LogP contribution in [0.15, 0.2) is 68.1 Å². The van der Waals surface area contributed by atoms with E-state index in [2.05, 4.69) is 10.6 Å². The highest BCUT2D eigenvalue weighted by atomic mass is 32.2. The molecule has 0 fully saturated rings. The van der Waals surface area contributed by atoms with Gasteiger partial charge >= 0.3 is 0 Å². The smallest absolute Gasteiger partial charge is 0.263 e. The van der Waals surface area contributed by atoms with Crippen LogP contribution in [-0.4, -0.2) is 11.8 Å². The van der Waals surface area contributed by atoms with Gasteiger partial charge in [0, 0.05) is 9.79 Å². The fourth-order valence-corrected chi connectivity index (χ4v) is 4.39. The predicted molar refractivity (Wildman–Crippen MR) is 100 cm³/mol. The number of amides is 2. The van der Waals surface area contributed by atoms with Crippen LogP contribution in [0.1, 0.15) is 13.8 Å². The van der Waals surface area contributed by atoms with Crippen molar-refractivity contribution >= 4 is 46.7 Å². The standard InChI is InChI=1S/C16H10N2O2S2.C2H6/c19-15-13(21-11-7-3-1-5-9(11)17-15)14-16(20)18-10-6-2-4-8-12(10)22-14;1-2/h1-8H,(H,17,19)(H,18,20);1-2H3/b14-13-;. The number of fused-ring (bicyclic) bond motifs is 2. The van der Waals surface area contributed by atoms with E-state index in [1.807, 2.05) is 62.4 Å². The highest BCUT2D eigenvalue weighted by Crippen LogP contribution is 2.46. The van der Waals surface area contributed by atoms with Gasteiger partial charge in [-0.2, -0.15) is 0 Å². The fraction of sp³-hybridized carbons (Fsp3) is 0.111. The quantitative estimate of drug-likeness (QED) is 0.671. The molecule has 24 heavy (non-hydrogen) atoms. The average Bonchev–Trinajstić information content (AvgIpc) is 2.62. The lowest BCUT2D eigenvalue weighted by atomic mass is 10.3. The molecule has 6 heteroatoms. The maximum absolute atomic E-state index is 12.3. The van der Waals surface area contributed by atoms with Crippen molar-refractivity contribution in [3.05, 3.63) is 58.3 Å². The maximum Gasteiger partial charge on any atom is 0.263 e. The van der Waals surface area contributed by atoms with Crippen LogP contribution in [-0.2, 0) is 9.59 Å². The first-order valence-corrected chi connectivity index (χ1v) is 9.26. The summed E-state index contributed by atoms with van der Waals surface area (Å²) in [7, 11) is 0. The molecule has 2 aliphatic rings. The van der Waals surface area contributed by atoms with Crippen LogP contribution >= 0.6 is 23.5 Å². The Kier molecular flexibility index (Phi) is 4.97. The molecule has 0 saturated carbocycles. The summed E-state index contributed by atoms with van der Waals surface area (Å²) < 4.78 is 0. The van der Waals surface area contributed by atoms with Crippen molar-refractivity contribution in [2.75, 3.05) is 10.6 Å². The Bertz CT molecular complexity index is 777. The summed E-state index contributed by atoms with van der Waals surface area (Å²) in [5, 5.41) is 5.68. The fourth-order valence-electron chi connectivity index (χ4n) is 2.29. The van der Waals surface area contributed by atoms with Crippen molar-refractivity contribution in [1.82, 2.24) is 0 Å². The third kappa shape index (κ3) is 3.07. The summed E-state index contributed by atoms with van der Waals surface area (Å²) in [5.74, 6) is -0.471. The molecule has 0 aliphatic carbocycles. The molecule has 0 radical (unpaired) electrons. The van der Waals surface area contributed by atoms with E-state index in [4.69, 9.17) is 0 Å². The minimum absolute atomic E-state index is 0.235. The summed E-state index contributed by atoms with van der Waals surface area (Å²) in [6.45, 7) is 4.00. The summed E-state index contributed by atoms with van der Waals surface area (Å²) in [6.07, 6.45) is 0. The Hall–Kier alpha value is -2.18. The summed E-state index contributed by atoms with van der Waals surface area (Å²) in [4.78, 5) is 27.4. The largest absolute Gasteiger partial charge is 0.320 e. The van der Waals surface area contributed by atoms with E-state index in [0.717, 1.165) is 21.2 Å². The Morgan fingerprint density at radius 2 is 1.04 bits per heavy atom. The van der Waals surface area contributed by atoms with E-state index in [1.54, 1.807) is 0 Å². The van der Waals surface area contributed by atoms with Gasteiger partial charge in [0.2, 0.25) is 0 Å². The lowest BCUT2D eigenvalue weighted by Gasteiger charge is -2.24. The zero-order chi connectivity index (χ0) is 17.1. The molecule has 4 nitrogen and oxygen atoms in total. The van der Waals surface area contributed by atoms with E-state index in [0.29, 0.717) is 9.81 Å². The Labute approximate surface area is 149 Å². The molecule has 2 aromatic carbocycles. The van der Waals surface area contributed by atoms with Crippen LogP contribution < -0.4 is 10.6 Å². The van der Waals surface area contributed by atoms with Crippen molar-refractivity contribution in [3.63, 3.8) is 0 Å². The van der Waals surface area contributed by atoms with Gasteiger partial charge in [0.1, 0.15) is 0 Å². The third-order valence-electron chi connectivity index (χ3n) is 3.31. The normalized spacial score (nSPS) is 18.4.